The summed E-state index contributed by atoms with van der Waals surface area (Å²) < 4.78 is 7.26. The standard InChI is InChI=1S/C21H21N3O3/c25-19(10-11-22-21(26)18-9-5-15-27-18)24-14-13-23-12-4-8-17(23)20(24)16-6-2-1-3-7-16/h1-9,12,15,20H,10-11,13-14H2,(H,22,26). The average molecular weight is 363 g/mol. The molecule has 1 atom stereocenters. The first-order chi connectivity index (χ1) is 13.2. The van der Waals surface area contributed by atoms with E-state index >= 15 is 0 Å². The number of carbonyl (C=O) groups is 2. The van der Waals surface area contributed by atoms with Gasteiger partial charge in [-0.1, -0.05) is 30.3 Å². The van der Waals surface area contributed by atoms with Gasteiger partial charge in [-0.25, -0.2) is 0 Å². The number of aromatic nitrogens is 1. The van der Waals surface area contributed by atoms with Crippen molar-refractivity contribution in [1.82, 2.24) is 14.8 Å². The lowest BCUT2D eigenvalue weighted by molar-refractivity contribution is -0.133. The van der Waals surface area contributed by atoms with Crippen LogP contribution in [0.4, 0.5) is 0 Å². The van der Waals surface area contributed by atoms with Crippen molar-refractivity contribution in [2.45, 2.75) is 19.0 Å². The van der Waals surface area contributed by atoms with Crippen LogP contribution in [0.25, 0.3) is 0 Å². The summed E-state index contributed by atoms with van der Waals surface area (Å²) in [6, 6.07) is 17.3. The molecule has 0 aliphatic carbocycles. The fourth-order valence-corrected chi connectivity index (χ4v) is 3.56. The van der Waals surface area contributed by atoms with Crippen molar-refractivity contribution < 1.29 is 14.0 Å². The van der Waals surface area contributed by atoms with Crippen LogP contribution in [0, 0.1) is 0 Å². The zero-order valence-corrected chi connectivity index (χ0v) is 14.9. The largest absolute Gasteiger partial charge is 0.459 e. The van der Waals surface area contributed by atoms with E-state index in [9.17, 15) is 9.59 Å². The number of hydrogen-bond acceptors (Lipinski definition) is 3. The van der Waals surface area contributed by atoms with Crippen molar-refractivity contribution in [3.05, 3.63) is 84.1 Å². The van der Waals surface area contributed by atoms with E-state index in [4.69, 9.17) is 4.42 Å². The molecule has 0 spiro atoms. The highest BCUT2D eigenvalue weighted by molar-refractivity contribution is 5.91. The Kier molecular flexibility index (Phi) is 4.78. The van der Waals surface area contributed by atoms with E-state index < -0.39 is 0 Å². The molecule has 0 radical (unpaired) electrons. The lowest BCUT2D eigenvalue weighted by Gasteiger charge is -2.37. The Balaban J connectivity index is 1.46. The molecule has 1 aliphatic heterocycles. The van der Waals surface area contributed by atoms with Crippen LogP contribution >= 0.6 is 0 Å². The fraction of sp³-hybridized carbons (Fsp3) is 0.238. The van der Waals surface area contributed by atoms with Gasteiger partial charge in [0.05, 0.1) is 12.3 Å². The first-order valence-electron chi connectivity index (χ1n) is 9.05. The molecule has 0 saturated heterocycles. The number of nitrogens with zero attached hydrogens (tertiary/aromatic N) is 2. The van der Waals surface area contributed by atoms with Gasteiger partial charge in [-0.2, -0.15) is 0 Å². The maximum atomic E-state index is 12.9. The van der Waals surface area contributed by atoms with Crippen molar-refractivity contribution in [3.63, 3.8) is 0 Å². The normalized spacial score (nSPS) is 16.0. The lowest BCUT2D eigenvalue weighted by atomic mass is 9.99. The van der Waals surface area contributed by atoms with Crippen LogP contribution in [-0.4, -0.2) is 34.4 Å². The molecule has 27 heavy (non-hydrogen) atoms. The van der Waals surface area contributed by atoms with Crippen molar-refractivity contribution in [2.75, 3.05) is 13.1 Å². The molecule has 1 aromatic carbocycles. The van der Waals surface area contributed by atoms with Gasteiger partial charge in [0, 0.05) is 37.9 Å². The van der Waals surface area contributed by atoms with Crippen LogP contribution in [0.5, 0.6) is 0 Å². The van der Waals surface area contributed by atoms with Crippen LogP contribution in [-0.2, 0) is 11.3 Å². The Morgan fingerprint density at radius 3 is 2.67 bits per heavy atom. The predicted octanol–water partition coefficient (Wildman–Crippen LogP) is 2.83. The summed E-state index contributed by atoms with van der Waals surface area (Å²) in [4.78, 5) is 26.8. The van der Waals surface area contributed by atoms with Gasteiger partial charge >= 0.3 is 0 Å². The van der Waals surface area contributed by atoms with Crippen LogP contribution in [0.3, 0.4) is 0 Å². The Morgan fingerprint density at radius 1 is 1.04 bits per heavy atom. The maximum absolute atomic E-state index is 12.9. The number of amides is 2. The first kappa shape index (κ1) is 17.1. The first-order valence-corrected chi connectivity index (χ1v) is 9.05. The Labute approximate surface area is 157 Å². The van der Waals surface area contributed by atoms with Gasteiger partial charge in [-0.15, -0.1) is 0 Å². The molecule has 1 aliphatic rings. The van der Waals surface area contributed by atoms with Gasteiger partial charge in [0.1, 0.15) is 0 Å². The van der Waals surface area contributed by atoms with Crippen LogP contribution in [0.1, 0.15) is 34.3 Å². The highest BCUT2D eigenvalue weighted by atomic mass is 16.3. The van der Waals surface area contributed by atoms with Gasteiger partial charge in [-0.05, 0) is 29.8 Å². The summed E-state index contributed by atoms with van der Waals surface area (Å²) in [6.07, 6.45) is 3.75. The van der Waals surface area contributed by atoms with E-state index in [1.165, 1.54) is 6.26 Å². The van der Waals surface area contributed by atoms with E-state index in [0.29, 0.717) is 6.54 Å². The topological polar surface area (TPSA) is 67.5 Å². The molecule has 1 N–H and O–H groups in total. The Hall–Kier alpha value is -3.28. The molecular weight excluding hydrogens is 342 g/mol. The van der Waals surface area contributed by atoms with Crippen molar-refractivity contribution in [3.8, 4) is 0 Å². The van der Waals surface area contributed by atoms with E-state index in [2.05, 4.69) is 22.1 Å². The molecule has 0 fully saturated rings. The second-order valence-corrected chi connectivity index (χ2v) is 6.51. The van der Waals surface area contributed by atoms with Gasteiger partial charge in [0.25, 0.3) is 5.91 Å². The summed E-state index contributed by atoms with van der Waals surface area (Å²) in [6.45, 7) is 1.69. The van der Waals surface area contributed by atoms with Crippen molar-refractivity contribution in [1.29, 1.82) is 0 Å². The van der Waals surface area contributed by atoms with E-state index in [-0.39, 0.29) is 36.6 Å². The third-order valence-corrected chi connectivity index (χ3v) is 4.84. The number of furan rings is 1. The highest BCUT2D eigenvalue weighted by Gasteiger charge is 2.31. The molecule has 0 bridgehead atoms. The molecule has 3 aromatic rings. The zero-order chi connectivity index (χ0) is 18.6. The van der Waals surface area contributed by atoms with Crippen molar-refractivity contribution >= 4 is 11.8 Å². The quantitative estimate of drug-likeness (QED) is 0.758. The van der Waals surface area contributed by atoms with Gasteiger partial charge < -0.3 is 19.2 Å². The molecule has 1 unspecified atom stereocenters. The highest BCUT2D eigenvalue weighted by Crippen LogP contribution is 2.32. The van der Waals surface area contributed by atoms with Gasteiger partial charge in [-0.3, -0.25) is 9.59 Å². The summed E-state index contributed by atoms with van der Waals surface area (Å²) in [5.41, 5.74) is 2.20. The SMILES string of the molecule is O=C(NCCC(=O)N1CCn2cccc2C1c1ccccc1)c1ccco1. The van der Waals surface area contributed by atoms with Crippen molar-refractivity contribution in [2.24, 2.45) is 0 Å². The number of nitrogens with one attached hydrogen (secondary N) is 1. The van der Waals surface area contributed by atoms with Gasteiger partial charge in [0.15, 0.2) is 5.76 Å². The summed E-state index contributed by atoms with van der Waals surface area (Å²) >= 11 is 0. The second kappa shape index (κ2) is 7.53. The molecule has 2 amide bonds. The second-order valence-electron chi connectivity index (χ2n) is 6.51. The van der Waals surface area contributed by atoms with Gasteiger partial charge in [0.2, 0.25) is 5.91 Å². The third-order valence-electron chi connectivity index (χ3n) is 4.84. The summed E-state index contributed by atoms with van der Waals surface area (Å²) in [7, 11) is 0. The van der Waals surface area contributed by atoms with Crippen LogP contribution in [0.15, 0.2) is 71.5 Å². The number of benzene rings is 1. The minimum Gasteiger partial charge on any atom is -0.459 e. The number of rotatable bonds is 5. The molecule has 138 valence electrons. The Bertz CT molecular complexity index is 915. The predicted molar refractivity (Wildman–Crippen MR) is 100 cm³/mol. The molecule has 3 heterocycles. The molecule has 2 aromatic heterocycles. The summed E-state index contributed by atoms with van der Waals surface area (Å²) in [5, 5.41) is 2.74. The zero-order valence-electron chi connectivity index (χ0n) is 14.9. The molecule has 6 nitrogen and oxygen atoms in total. The van der Waals surface area contributed by atoms with E-state index in [1.54, 1.807) is 12.1 Å². The molecule has 0 saturated carbocycles. The Morgan fingerprint density at radius 2 is 1.89 bits per heavy atom. The molecular formula is C21H21N3O3. The van der Waals surface area contributed by atoms with E-state index in [1.807, 2.05) is 41.3 Å². The number of carbonyl (C=O) groups excluding carboxylic acids is 2. The lowest BCUT2D eigenvalue weighted by Crippen LogP contribution is -2.43. The maximum Gasteiger partial charge on any atom is 0.286 e. The van der Waals surface area contributed by atoms with E-state index in [0.717, 1.165) is 17.8 Å². The fourth-order valence-electron chi connectivity index (χ4n) is 3.56. The summed E-state index contributed by atoms with van der Waals surface area (Å²) in [5.74, 6) is -0.0311. The number of fused-ring (bicyclic) bond motifs is 1. The molecule has 4 rings (SSSR count). The third kappa shape index (κ3) is 3.51. The number of hydrogen-bond donors (Lipinski definition) is 1. The monoisotopic (exact) mass is 363 g/mol. The molecule has 6 heteroatoms. The smallest absolute Gasteiger partial charge is 0.286 e. The minimum atomic E-state index is -0.306. The van der Waals surface area contributed by atoms with Crippen LogP contribution in [0.2, 0.25) is 0 Å². The van der Waals surface area contributed by atoms with Crippen LogP contribution < -0.4 is 5.32 Å². The average Bonchev–Trinajstić information content (AvgIpc) is 3.39. The minimum absolute atomic E-state index is 0.0241.